The lowest BCUT2D eigenvalue weighted by atomic mass is 10.2. The molecule has 0 N–H and O–H groups in total. The number of halogens is 1. The molecule has 2 aromatic rings. The molecular formula is C14H16BrN. The van der Waals surface area contributed by atoms with Crippen molar-refractivity contribution < 1.29 is 17.0 Å². The smallest absolute Gasteiger partial charge is 0.137 e. The SMILES string of the molecule is C[N+](C)(c1ccccc1)c1ccccc1.[Br-]. The summed E-state index contributed by atoms with van der Waals surface area (Å²) in [5.74, 6) is 0. The van der Waals surface area contributed by atoms with Crippen molar-refractivity contribution in [3.05, 3.63) is 60.7 Å². The summed E-state index contributed by atoms with van der Waals surface area (Å²) in [5.41, 5.74) is 2.59. The van der Waals surface area contributed by atoms with Crippen LogP contribution in [-0.2, 0) is 0 Å². The highest BCUT2D eigenvalue weighted by Crippen LogP contribution is 2.29. The van der Waals surface area contributed by atoms with E-state index in [1.54, 1.807) is 0 Å². The van der Waals surface area contributed by atoms with Gasteiger partial charge in [0.25, 0.3) is 0 Å². The molecule has 1 nitrogen and oxygen atoms in total. The number of rotatable bonds is 2. The van der Waals surface area contributed by atoms with Crippen molar-refractivity contribution in [1.29, 1.82) is 0 Å². The van der Waals surface area contributed by atoms with Crippen LogP contribution in [0.3, 0.4) is 0 Å². The lowest BCUT2D eigenvalue weighted by Crippen LogP contribution is -3.00. The summed E-state index contributed by atoms with van der Waals surface area (Å²) >= 11 is 0. The van der Waals surface area contributed by atoms with Gasteiger partial charge in [0.1, 0.15) is 11.4 Å². The third-order valence-electron chi connectivity index (χ3n) is 2.80. The van der Waals surface area contributed by atoms with E-state index in [4.69, 9.17) is 0 Å². The largest absolute Gasteiger partial charge is 1.00 e. The third-order valence-corrected chi connectivity index (χ3v) is 2.80. The molecule has 0 aliphatic heterocycles. The standard InChI is InChI=1S/C14H16N.BrH/c1-15(2,13-9-5-3-6-10-13)14-11-7-4-8-12-14;/h3-12H,1-2H3;1H/q+1;/p-1. The predicted molar refractivity (Wildman–Crippen MR) is 66.2 cm³/mol. The first-order valence-electron chi connectivity index (χ1n) is 5.16. The molecule has 0 saturated heterocycles. The Morgan fingerprint density at radius 1 is 0.625 bits per heavy atom. The van der Waals surface area contributed by atoms with E-state index in [9.17, 15) is 0 Å². The Kier molecular flexibility index (Phi) is 4.27. The van der Waals surface area contributed by atoms with Crippen LogP contribution < -0.4 is 21.5 Å². The highest BCUT2D eigenvalue weighted by molar-refractivity contribution is 5.56. The summed E-state index contributed by atoms with van der Waals surface area (Å²) in [6.07, 6.45) is 0. The number of nitrogens with zero attached hydrogens (tertiary/aromatic N) is 1. The topological polar surface area (TPSA) is 0 Å². The summed E-state index contributed by atoms with van der Waals surface area (Å²) in [6.45, 7) is 0. The zero-order chi connectivity index (χ0) is 10.7. The lowest BCUT2D eigenvalue weighted by molar-refractivity contribution is -0.00000308. The van der Waals surface area contributed by atoms with Crippen LogP contribution in [0.2, 0.25) is 0 Å². The molecule has 0 spiro atoms. The second-order valence-corrected chi connectivity index (χ2v) is 4.12. The van der Waals surface area contributed by atoms with Crippen LogP contribution in [0.1, 0.15) is 0 Å². The number of hydrogen-bond acceptors (Lipinski definition) is 0. The minimum Gasteiger partial charge on any atom is -1.00 e. The average molecular weight is 278 g/mol. The molecule has 0 radical (unpaired) electrons. The second kappa shape index (κ2) is 5.28. The van der Waals surface area contributed by atoms with E-state index in [0.29, 0.717) is 0 Å². The van der Waals surface area contributed by atoms with Crippen molar-refractivity contribution in [2.24, 2.45) is 0 Å². The fourth-order valence-electron chi connectivity index (χ4n) is 1.75. The molecule has 0 unspecified atom stereocenters. The first kappa shape index (κ1) is 12.9. The van der Waals surface area contributed by atoms with E-state index >= 15 is 0 Å². The molecule has 2 aromatic carbocycles. The number of para-hydroxylation sites is 2. The maximum Gasteiger partial charge on any atom is 0.137 e. The Bertz CT molecular complexity index is 382. The van der Waals surface area contributed by atoms with E-state index < -0.39 is 0 Å². The summed E-state index contributed by atoms with van der Waals surface area (Å²) in [5, 5.41) is 0. The molecule has 84 valence electrons. The van der Waals surface area contributed by atoms with Crippen LogP contribution in [0.5, 0.6) is 0 Å². The first-order valence-corrected chi connectivity index (χ1v) is 5.16. The van der Waals surface area contributed by atoms with Gasteiger partial charge in [-0.1, -0.05) is 36.4 Å². The van der Waals surface area contributed by atoms with Crippen molar-refractivity contribution in [3.8, 4) is 0 Å². The maximum absolute atomic E-state index is 2.20. The quantitative estimate of drug-likeness (QED) is 0.705. The normalized spacial score (nSPS) is 10.6. The predicted octanol–water partition coefficient (Wildman–Crippen LogP) is 0.589. The van der Waals surface area contributed by atoms with Crippen LogP contribution in [0.25, 0.3) is 0 Å². The Hall–Kier alpha value is -1.12. The van der Waals surface area contributed by atoms with Gasteiger partial charge in [-0.25, -0.2) is 0 Å². The van der Waals surface area contributed by atoms with Crippen molar-refractivity contribution in [2.45, 2.75) is 0 Å². The lowest BCUT2D eigenvalue weighted by Gasteiger charge is -2.28. The molecule has 0 aliphatic rings. The van der Waals surface area contributed by atoms with E-state index in [1.165, 1.54) is 11.4 Å². The van der Waals surface area contributed by atoms with Gasteiger partial charge in [0.15, 0.2) is 0 Å². The Morgan fingerprint density at radius 3 is 1.25 bits per heavy atom. The van der Waals surface area contributed by atoms with Crippen LogP contribution in [0.4, 0.5) is 11.4 Å². The molecule has 0 bridgehead atoms. The van der Waals surface area contributed by atoms with E-state index in [2.05, 4.69) is 74.8 Å². The molecule has 0 amide bonds. The van der Waals surface area contributed by atoms with Gasteiger partial charge in [-0.05, 0) is 24.3 Å². The number of hydrogen-bond donors (Lipinski definition) is 0. The average Bonchev–Trinajstić information content (AvgIpc) is 2.31. The van der Waals surface area contributed by atoms with Gasteiger partial charge < -0.3 is 17.0 Å². The molecule has 0 aliphatic carbocycles. The zero-order valence-electron chi connectivity index (χ0n) is 9.60. The fraction of sp³-hybridized carbons (Fsp3) is 0.143. The van der Waals surface area contributed by atoms with E-state index in [1.807, 2.05) is 0 Å². The van der Waals surface area contributed by atoms with E-state index in [0.717, 1.165) is 4.48 Å². The fourth-order valence-corrected chi connectivity index (χ4v) is 1.75. The minimum absolute atomic E-state index is 0. The van der Waals surface area contributed by atoms with Crippen LogP contribution in [0, 0.1) is 0 Å². The molecular weight excluding hydrogens is 262 g/mol. The van der Waals surface area contributed by atoms with Crippen molar-refractivity contribution in [1.82, 2.24) is 4.48 Å². The van der Waals surface area contributed by atoms with Crippen LogP contribution in [-0.4, -0.2) is 14.1 Å². The van der Waals surface area contributed by atoms with Gasteiger partial charge in [-0.3, -0.25) is 4.48 Å². The van der Waals surface area contributed by atoms with Gasteiger partial charge in [-0.15, -0.1) is 0 Å². The molecule has 0 saturated carbocycles. The summed E-state index contributed by atoms with van der Waals surface area (Å²) in [4.78, 5) is 0. The first-order chi connectivity index (χ1) is 7.21. The Labute approximate surface area is 108 Å². The molecule has 2 heteroatoms. The van der Waals surface area contributed by atoms with Crippen LogP contribution >= 0.6 is 0 Å². The molecule has 0 atom stereocenters. The number of benzene rings is 2. The zero-order valence-corrected chi connectivity index (χ0v) is 11.2. The van der Waals surface area contributed by atoms with Gasteiger partial charge in [0.2, 0.25) is 0 Å². The molecule has 0 aromatic heterocycles. The van der Waals surface area contributed by atoms with Crippen molar-refractivity contribution in [2.75, 3.05) is 14.1 Å². The van der Waals surface area contributed by atoms with Crippen LogP contribution in [0.15, 0.2) is 60.7 Å². The molecule has 2 rings (SSSR count). The van der Waals surface area contributed by atoms with Gasteiger partial charge >= 0.3 is 0 Å². The van der Waals surface area contributed by atoms with Gasteiger partial charge in [0, 0.05) is 0 Å². The minimum atomic E-state index is 0. The maximum atomic E-state index is 2.20. The van der Waals surface area contributed by atoms with E-state index in [-0.39, 0.29) is 17.0 Å². The second-order valence-electron chi connectivity index (χ2n) is 4.12. The third kappa shape index (κ3) is 2.52. The van der Waals surface area contributed by atoms with Gasteiger partial charge in [-0.2, -0.15) is 0 Å². The summed E-state index contributed by atoms with van der Waals surface area (Å²) in [6, 6.07) is 21.1. The monoisotopic (exact) mass is 277 g/mol. The Morgan fingerprint density at radius 2 is 0.938 bits per heavy atom. The number of quaternary nitrogens is 1. The van der Waals surface area contributed by atoms with Crippen molar-refractivity contribution in [3.63, 3.8) is 0 Å². The molecule has 0 heterocycles. The molecule has 16 heavy (non-hydrogen) atoms. The van der Waals surface area contributed by atoms with Crippen molar-refractivity contribution >= 4 is 11.4 Å². The highest BCUT2D eigenvalue weighted by atomic mass is 79.9. The Balaban J connectivity index is 0.00000128. The molecule has 0 fully saturated rings. The highest BCUT2D eigenvalue weighted by Gasteiger charge is 2.20. The van der Waals surface area contributed by atoms with Gasteiger partial charge in [0.05, 0.1) is 14.1 Å². The summed E-state index contributed by atoms with van der Waals surface area (Å²) in [7, 11) is 4.40. The summed E-state index contributed by atoms with van der Waals surface area (Å²) < 4.78 is 0.779.